The summed E-state index contributed by atoms with van der Waals surface area (Å²) in [5.74, 6) is 2.60. The molecule has 0 saturated heterocycles. The molecule has 6 heteroatoms. The number of hydrazone groups is 1. The molecular formula is C30H31BrN2O3. The number of nitrogens with zero attached hydrogens (tertiary/aromatic N) is 2. The van der Waals surface area contributed by atoms with E-state index in [9.17, 15) is 0 Å². The number of benzene rings is 3. The largest absolute Gasteiger partial charge is 0.494 e. The van der Waals surface area contributed by atoms with Crippen LogP contribution < -0.4 is 14.2 Å². The number of unbranched alkanes of at least 4 members (excludes halogenated alkanes) is 2. The zero-order valence-corrected chi connectivity index (χ0v) is 22.1. The first-order valence-corrected chi connectivity index (χ1v) is 13.3. The fraction of sp³-hybridized carbons (Fsp3) is 0.300. The van der Waals surface area contributed by atoms with Crippen LogP contribution in [0.3, 0.4) is 0 Å². The monoisotopic (exact) mass is 546 g/mol. The van der Waals surface area contributed by atoms with Gasteiger partial charge in [-0.3, -0.25) is 0 Å². The van der Waals surface area contributed by atoms with Crippen molar-refractivity contribution < 1.29 is 14.2 Å². The van der Waals surface area contributed by atoms with Crippen molar-refractivity contribution in [1.82, 2.24) is 5.01 Å². The number of hydrogen-bond donors (Lipinski definition) is 0. The van der Waals surface area contributed by atoms with Gasteiger partial charge in [-0.05, 0) is 78.7 Å². The van der Waals surface area contributed by atoms with Crippen LogP contribution in [0.2, 0.25) is 0 Å². The topological polar surface area (TPSA) is 43.3 Å². The maximum absolute atomic E-state index is 6.52. The van der Waals surface area contributed by atoms with Crippen molar-refractivity contribution in [2.75, 3.05) is 13.2 Å². The summed E-state index contributed by atoms with van der Waals surface area (Å²) in [6.45, 7) is 7.14. The molecular weight excluding hydrogens is 516 g/mol. The molecule has 2 heterocycles. The Bertz CT molecular complexity index is 1220. The molecule has 0 fully saturated rings. The lowest BCUT2D eigenvalue weighted by atomic mass is 9.96. The molecule has 2 aliphatic rings. The second kappa shape index (κ2) is 11.2. The van der Waals surface area contributed by atoms with Gasteiger partial charge in [0.1, 0.15) is 23.9 Å². The lowest BCUT2D eigenvalue weighted by Gasteiger charge is -2.38. The van der Waals surface area contributed by atoms with E-state index in [2.05, 4.69) is 64.8 Å². The van der Waals surface area contributed by atoms with Crippen molar-refractivity contribution in [2.45, 2.75) is 44.9 Å². The first-order chi connectivity index (χ1) is 17.7. The minimum Gasteiger partial charge on any atom is -0.494 e. The van der Waals surface area contributed by atoms with Gasteiger partial charge in [-0.1, -0.05) is 48.4 Å². The second-order valence-electron chi connectivity index (χ2n) is 9.05. The Labute approximate surface area is 221 Å². The molecule has 3 aromatic carbocycles. The highest BCUT2D eigenvalue weighted by Crippen LogP contribution is 2.48. The Kier molecular flexibility index (Phi) is 7.61. The van der Waals surface area contributed by atoms with Crippen LogP contribution in [0.5, 0.6) is 17.2 Å². The van der Waals surface area contributed by atoms with Gasteiger partial charge < -0.3 is 14.2 Å². The molecule has 2 atom stereocenters. The molecule has 5 nitrogen and oxygen atoms in total. The van der Waals surface area contributed by atoms with Crippen molar-refractivity contribution in [3.8, 4) is 17.2 Å². The van der Waals surface area contributed by atoms with Gasteiger partial charge in [0.15, 0.2) is 0 Å². The van der Waals surface area contributed by atoms with Crippen LogP contribution in [0, 0.1) is 0 Å². The Balaban J connectivity index is 1.41. The van der Waals surface area contributed by atoms with E-state index >= 15 is 0 Å². The average Bonchev–Trinajstić information content (AvgIpc) is 3.36. The van der Waals surface area contributed by atoms with E-state index in [1.807, 2.05) is 36.4 Å². The summed E-state index contributed by atoms with van der Waals surface area (Å²) < 4.78 is 19.1. The summed E-state index contributed by atoms with van der Waals surface area (Å²) in [5.41, 5.74) is 4.31. The molecule has 0 bridgehead atoms. The number of fused-ring (bicyclic) bond motifs is 3. The maximum Gasteiger partial charge on any atom is 0.213 e. The lowest BCUT2D eigenvalue weighted by molar-refractivity contribution is -0.0191. The van der Waals surface area contributed by atoms with Gasteiger partial charge >= 0.3 is 0 Å². The van der Waals surface area contributed by atoms with Crippen LogP contribution in [0.1, 0.15) is 61.6 Å². The third-order valence-electron chi connectivity index (χ3n) is 6.49. The summed E-state index contributed by atoms with van der Waals surface area (Å²) in [6.07, 6.45) is 5.68. The van der Waals surface area contributed by atoms with Crippen molar-refractivity contribution in [3.63, 3.8) is 0 Å². The van der Waals surface area contributed by atoms with Crippen molar-refractivity contribution in [2.24, 2.45) is 5.10 Å². The molecule has 0 amide bonds. The number of hydrogen-bond acceptors (Lipinski definition) is 5. The average molecular weight is 547 g/mol. The molecule has 0 radical (unpaired) electrons. The highest BCUT2D eigenvalue weighted by atomic mass is 79.9. The van der Waals surface area contributed by atoms with Crippen LogP contribution in [-0.4, -0.2) is 23.9 Å². The van der Waals surface area contributed by atoms with Crippen LogP contribution >= 0.6 is 15.9 Å². The smallest absolute Gasteiger partial charge is 0.213 e. The summed E-state index contributed by atoms with van der Waals surface area (Å²) in [6, 6.07) is 22.6. The third-order valence-corrected chi connectivity index (χ3v) is 6.98. The van der Waals surface area contributed by atoms with E-state index < -0.39 is 0 Å². The molecule has 186 valence electrons. The van der Waals surface area contributed by atoms with Crippen LogP contribution in [0.25, 0.3) is 0 Å². The quantitative estimate of drug-likeness (QED) is 0.192. The van der Waals surface area contributed by atoms with E-state index in [0.29, 0.717) is 6.61 Å². The summed E-state index contributed by atoms with van der Waals surface area (Å²) in [4.78, 5) is 0. The Morgan fingerprint density at radius 2 is 1.78 bits per heavy atom. The van der Waals surface area contributed by atoms with Gasteiger partial charge in [0.05, 0.1) is 18.4 Å². The Hall–Kier alpha value is -3.25. The Morgan fingerprint density at radius 1 is 1.03 bits per heavy atom. The van der Waals surface area contributed by atoms with Crippen LogP contribution in [-0.2, 0) is 0 Å². The van der Waals surface area contributed by atoms with Gasteiger partial charge in [0, 0.05) is 22.0 Å². The fourth-order valence-electron chi connectivity index (χ4n) is 4.62. The predicted molar refractivity (Wildman–Crippen MR) is 147 cm³/mol. The summed E-state index contributed by atoms with van der Waals surface area (Å²) >= 11 is 3.63. The van der Waals surface area contributed by atoms with Gasteiger partial charge in [-0.25, -0.2) is 5.01 Å². The van der Waals surface area contributed by atoms with Gasteiger partial charge in [0.2, 0.25) is 6.23 Å². The first kappa shape index (κ1) is 24.4. The zero-order chi connectivity index (χ0) is 24.9. The van der Waals surface area contributed by atoms with E-state index in [4.69, 9.17) is 19.3 Å². The highest BCUT2D eigenvalue weighted by Gasteiger charge is 2.41. The third kappa shape index (κ3) is 5.29. The summed E-state index contributed by atoms with van der Waals surface area (Å²) in [5, 5.41) is 7.17. The van der Waals surface area contributed by atoms with Gasteiger partial charge in [-0.15, -0.1) is 0 Å². The minimum atomic E-state index is -0.314. The molecule has 0 aromatic heterocycles. The van der Waals surface area contributed by atoms with Gasteiger partial charge in [0.25, 0.3) is 0 Å². The lowest BCUT2D eigenvalue weighted by Crippen LogP contribution is -2.33. The van der Waals surface area contributed by atoms with Crippen LogP contribution in [0.15, 0.2) is 89.0 Å². The number of halogens is 1. The Morgan fingerprint density at radius 3 is 2.53 bits per heavy atom. The second-order valence-corrected chi connectivity index (χ2v) is 9.96. The zero-order valence-electron chi connectivity index (χ0n) is 20.5. The maximum atomic E-state index is 6.52. The standard InChI is InChI=1S/C30H31BrN2O3/c1-3-5-6-18-35-25-14-9-22(10-15-25)30-33-28(26-19-23(31)11-16-29(26)36-30)20-27(32-33)21-7-12-24(13-8-21)34-17-4-2/h4,7-16,19,28,30H,2-3,5-6,17-18,20H2,1H3/t28-,30+/m1/s1. The number of rotatable bonds is 10. The SMILES string of the molecule is C=CCOc1ccc(C2=NN3[C@H](C2)c2cc(Br)ccc2O[C@H]3c2ccc(OCCCCC)cc2)cc1. The van der Waals surface area contributed by atoms with Crippen LogP contribution in [0.4, 0.5) is 0 Å². The molecule has 5 rings (SSSR count). The number of ether oxygens (including phenoxy) is 3. The highest BCUT2D eigenvalue weighted by molar-refractivity contribution is 9.10. The van der Waals surface area contributed by atoms with Crippen molar-refractivity contribution >= 4 is 21.6 Å². The molecule has 0 spiro atoms. The first-order valence-electron chi connectivity index (χ1n) is 12.5. The molecule has 2 aliphatic heterocycles. The fourth-order valence-corrected chi connectivity index (χ4v) is 5.00. The molecule has 3 aromatic rings. The van der Waals surface area contributed by atoms with E-state index in [0.717, 1.165) is 63.6 Å². The minimum absolute atomic E-state index is 0.0907. The molecule has 36 heavy (non-hydrogen) atoms. The molecule has 0 N–H and O–H groups in total. The molecule has 0 unspecified atom stereocenters. The molecule has 0 saturated carbocycles. The van der Waals surface area contributed by atoms with Crippen molar-refractivity contribution in [1.29, 1.82) is 0 Å². The van der Waals surface area contributed by atoms with Gasteiger partial charge in [-0.2, -0.15) is 5.10 Å². The van der Waals surface area contributed by atoms with Crippen molar-refractivity contribution in [3.05, 3.63) is 101 Å². The predicted octanol–water partition coefficient (Wildman–Crippen LogP) is 7.83. The van der Waals surface area contributed by atoms with E-state index in [1.54, 1.807) is 6.08 Å². The van der Waals surface area contributed by atoms with E-state index in [1.165, 1.54) is 12.8 Å². The molecule has 0 aliphatic carbocycles. The normalized spacial score (nSPS) is 18.1. The summed E-state index contributed by atoms with van der Waals surface area (Å²) in [7, 11) is 0. The van der Waals surface area contributed by atoms with E-state index in [-0.39, 0.29) is 12.3 Å².